The fraction of sp³-hybridized carbons (Fsp3) is 0.500. The number of halogens is 3. The topological polar surface area (TPSA) is 66.5 Å². The van der Waals surface area contributed by atoms with Gasteiger partial charge in [0.2, 0.25) is 15.9 Å². The Balaban J connectivity index is 2.00. The number of benzene rings is 1. The minimum absolute atomic E-state index is 0.00999. The molecule has 0 aliphatic carbocycles. The molecule has 1 aliphatic heterocycles. The van der Waals surface area contributed by atoms with Gasteiger partial charge < -0.3 is 5.32 Å². The molecule has 0 saturated carbocycles. The van der Waals surface area contributed by atoms with E-state index in [4.69, 9.17) is 0 Å². The third kappa shape index (κ3) is 3.84. The zero-order valence-corrected chi connectivity index (χ0v) is 13.3. The Bertz CT molecular complexity index is 701. The standard InChI is InChI=1S/C14H17F3N2O3S/c1-2-23(21,22)19-7-5-9(6-8-19)14(20)18-11-4-3-10(15)12(16)13(11)17/h3-4,9H,2,5-8H2,1H3,(H,18,20). The number of rotatable bonds is 4. The average Bonchev–Trinajstić information content (AvgIpc) is 2.55. The van der Waals surface area contributed by atoms with Crippen molar-refractivity contribution in [2.75, 3.05) is 24.2 Å². The Morgan fingerprint density at radius 1 is 1.22 bits per heavy atom. The maximum atomic E-state index is 13.5. The van der Waals surface area contributed by atoms with Crippen LogP contribution in [0.5, 0.6) is 0 Å². The summed E-state index contributed by atoms with van der Waals surface area (Å²) in [4.78, 5) is 12.1. The molecule has 0 bridgehead atoms. The number of hydrogen-bond donors (Lipinski definition) is 1. The molecule has 1 aliphatic rings. The summed E-state index contributed by atoms with van der Waals surface area (Å²) in [5.74, 6) is -5.49. The number of nitrogens with one attached hydrogen (secondary N) is 1. The summed E-state index contributed by atoms with van der Waals surface area (Å²) in [7, 11) is -3.30. The maximum Gasteiger partial charge on any atom is 0.227 e. The summed E-state index contributed by atoms with van der Waals surface area (Å²) >= 11 is 0. The van der Waals surface area contributed by atoms with E-state index < -0.39 is 45.0 Å². The highest BCUT2D eigenvalue weighted by Gasteiger charge is 2.30. The number of carbonyl (C=O) groups excluding carboxylic acids is 1. The molecule has 0 radical (unpaired) electrons. The van der Waals surface area contributed by atoms with Crippen molar-refractivity contribution in [1.29, 1.82) is 0 Å². The summed E-state index contributed by atoms with van der Waals surface area (Å²) in [5, 5.41) is 2.23. The van der Waals surface area contributed by atoms with Crippen LogP contribution in [0.15, 0.2) is 12.1 Å². The summed E-state index contributed by atoms with van der Waals surface area (Å²) in [6.07, 6.45) is 0.576. The molecule has 23 heavy (non-hydrogen) atoms. The molecule has 1 fully saturated rings. The zero-order valence-electron chi connectivity index (χ0n) is 12.5. The Kier molecular flexibility index (Phi) is 5.30. The Hall–Kier alpha value is -1.61. The molecule has 2 rings (SSSR count). The van der Waals surface area contributed by atoms with Gasteiger partial charge in [-0.15, -0.1) is 0 Å². The van der Waals surface area contributed by atoms with Gasteiger partial charge in [-0.25, -0.2) is 25.9 Å². The lowest BCUT2D eigenvalue weighted by Gasteiger charge is -2.30. The van der Waals surface area contributed by atoms with E-state index in [1.54, 1.807) is 6.92 Å². The highest BCUT2D eigenvalue weighted by Crippen LogP contribution is 2.24. The largest absolute Gasteiger partial charge is 0.323 e. The van der Waals surface area contributed by atoms with Gasteiger partial charge >= 0.3 is 0 Å². The molecule has 0 unspecified atom stereocenters. The van der Waals surface area contributed by atoms with Gasteiger partial charge in [0.05, 0.1) is 11.4 Å². The van der Waals surface area contributed by atoms with E-state index in [0.717, 1.165) is 12.1 Å². The lowest BCUT2D eigenvalue weighted by atomic mass is 9.97. The first-order valence-electron chi connectivity index (χ1n) is 7.18. The van der Waals surface area contributed by atoms with Crippen molar-refractivity contribution in [3.8, 4) is 0 Å². The van der Waals surface area contributed by atoms with E-state index in [-0.39, 0.29) is 31.7 Å². The number of amides is 1. The predicted octanol–water partition coefficient (Wildman–Crippen LogP) is 2.10. The van der Waals surface area contributed by atoms with E-state index in [0.29, 0.717) is 0 Å². The Morgan fingerprint density at radius 2 is 1.83 bits per heavy atom. The third-order valence-electron chi connectivity index (χ3n) is 3.88. The van der Waals surface area contributed by atoms with Crippen molar-refractivity contribution in [2.24, 2.45) is 5.92 Å². The summed E-state index contributed by atoms with van der Waals surface area (Å²) in [6.45, 7) is 1.95. The second-order valence-corrected chi connectivity index (χ2v) is 7.54. The van der Waals surface area contributed by atoms with Crippen LogP contribution in [0.2, 0.25) is 0 Å². The van der Waals surface area contributed by atoms with Crippen LogP contribution in [-0.4, -0.2) is 37.5 Å². The van der Waals surface area contributed by atoms with Crippen LogP contribution < -0.4 is 5.32 Å². The van der Waals surface area contributed by atoms with Gasteiger partial charge in [0.25, 0.3) is 0 Å². The van der Waals surface area contributed by atoms with Crippen molar-refractivity contribution >= 4 is 21.6 Å². The van der Waals surface area contributed by atoms with Crippen molar-refractivity contribution in [1.82, 2.24) is 4.31 Å². The Morgan fingerprint density at radius 3 is 2.39 bits per heavy atom. The van der Waals surface area contributed by atoms with Crippen LogP contribution in [0, 0.1) is 23.4 Å². The number of nitrogens with zero attached hydrogens (tertiary/aromatic N) is 1. The molecule has 0 aromatic heterocycles. The number of hydrogen-bond acceptors (Lipinski definition) is 3. The van der Waals surface area contributed by atoms with Gasteiger partial charge in [-0.1, -0.05) is 0 Å². The average molecular weight is 350 g/mol. The van der Waals surface area contributed by atoms with Gasteiger partial charge in [-0.3, -0.25) is 4.79 Å². The van der Waals surface area contributed by atoms with Gasteiger partial charge in [0, 0.05) is 19.0 Å². The normalized spacial score (nSPS) is 17.2. The third-order valence-corrected chi connectivity index (χ3v) is 5.76. The van der Waals surface area contributed by atoms with E-state index in [1.807, 2.05) is 0 Å². The first-order valence-corrected chi connectivity index (χ1v) is 8.79. The minimum atomic E-state index is -3.30. The van der Waals surface area contributed by atoms with Gasteiger partial charge in [0.1, 0.15) is 0 Å². The SMILES string of the molecule is CCS(=O)(=O)N1CCC(C(=O)Nc2ccc(F)c(F)c2F)CC1. The first-order chi connectivity index (χ1) is 10.8. The second-order valence-electron chi connectivity index (χ2n) is 5.29. The van der Waals surface area contributed by atoms with Gasteiger partial charge in [-0.2, -0.15) is 0 Å². The van der Waals surface area contributed by atoms with Crippen LogP contribution in [0.1, 0.15) is 19.8 Å². The monoisotopic (exact) mass is 350 g/mol. The van der Waals surface area contributed by atoms with Crippen LogP contribution in [0.3, 0.4) is 0 Å². The van der Waals surface area contributed by atoms with Crippen molar-refractivity contribution < 1.29 is 26.4 Å². The van der Waals surface area contributed by atoms with E-state index in [9.17, 15) is 26.4 Å². The molecule has 1 amide bonds. The molecule has 1 heterocycles. The molecule has 5 nitrogen and oxygen atoms in total. The first kappa shape index (κ1) is 17.7. The fourth-order valence-corrected chi connectivity index (χ4v) is 3.57. The van der Waals surface area contributed by atoms with Crippen LogP contribution >= 0.6 is 0 Å². The smallest absolute Gasteiger partial charge is 0.227 e. The van der Waals surface area contributed by atoms with Gasteiger partial charge in [-0.05, 0) is 31.9 Å². The van der Waals surface area contributed by atoms with E-state index >= 15 is 0 Å². The quantitative estimate of drug-likeness (QED) is 0.846. The Labute approximate surface area is 132 Å². The lowest BCUT2D eigenvalue weighted by molar-refractivity contribution is -0.120. The summed E-state index contributed by atoms with van der Waals surface area (Å²) < 4.78 is 64.3. The number of carbonyl (C=O) groups is 1. The highest BCUT2D eigenvalue weighted by molar-refractivity contribution is 7.89. The molecule has 128 valence electrons. The molecular formula is C14H17F3N2O3S. The van der Waals surface area contributed by atoms with Crippen molar-refractivity contribution in [3.05, 3.63) is 29.6 Å². The second kappa shape index (κ2) is 6.88. The molecule has 0 spiro atoms. The molecule has 0 atom stereocenters. The number of sulfonamides is 1. The minimum Gasteiger partial charge on any atom is -0.323 e. The molecule has 1 N–H and O–H groups in total. The van der Waals surface area contributed by atoms with Crippen LogP contribution in [-0.2, 0) is 14.8 Å². The maximum absolute atomic E-state index is 13.5. The fourth-order valence-electron chi connectivity index (χ4n) is 2.44. The van der Waals surface area contributed by atoms with Crippen molar-refractivity contribution in [2.45, 2.75) is 19.8 Å². The zero-order chi connectivity index (χ0) is 17.2. The van der Waals surface area contributed by atoms with Crippen LogP contribution in [0.25, 0.3) is 0 Å². The van der Waals surface area contributed by atoms with Crippen molar-refractivity contribution in [3.63, 3.8) is 0 Å². The molecular weight excluding hydrogens is 333 g/mol. The molecule has 1 aromatic rings. The van der Waals surface area contributed by atoms with Crippen LogP contribution in [0.4, 0.5) is 18.9 Å². The summed E-state index contributed by atoms with van der Waals surface area (Å²) in [6, 6.07) is 1.67. The lowest BCUT2D eigenvalue weighted by Crippen LogP contribution is -2.42. The molecule has 1 aromatic carbocycles. The highest BCUT2D eigenvalue weighted by atomic mass is 32.2. The number of piperidine rings is 1. The molecule has 1 saturated heterocycles. The predicted molar refractivity (Wildman–Crippen MR) is 78.7 cm³/mol. The van der Waals surface area contributed by atoms with E-state index in [2.05, 4.69) is 5.32 Å². The number of anilines is 1. The van der Waals surface area contributed by atoms with E-state index in [1.165, 1.54) is 4.31 Å². The molecule has 9 heteroatoms. The van der Waals surface area contributed by atoms with Gasteiger partial charge in [0.15, 0.2) is 17.5 Å². The summed E-state index contributed by atoms with van der Waals surface area (Å²) in [5.41, 5.74) is -0.433.